The summed E-state index contributed by atoms with van der Waals surface area (Å²) < 4.78 is 0. The zero-order valence-corrected chi connectivity index (χ0v) is 17.7. The van der Waals surface area contributed by atoms with Crippen LogP contribution < -0.4 is 9.91 Å². The molecule has 0 saturated heterocycles. The maximum Gasteiger partial charge on any atom is 0.280 e. The van der Waals surface area contributed by atoms with Gasteiger partial charge in [-0.3, -0.25) is 4.79 Å². The van der Waals surface area contributed by atoms with Gasteiger partial charge in [-0.2, -0.15) is 10.1 Å². The molecule has 0 atom stereocenters. The third kappa shape index (κ3) is 4.69. The highest BCUT2D eigenvalue weighted by Gasteiger charge is 2.28. The second-order valence-electron chi connectivity index (χ2n) is 6.29. The number of nitrogens with zero attached hydrogens (tertiary/aromatic N) is 3. The first-order chi connectivity index (χ1) is 13.5. The van der Waals surface area contributed by atoms with Gasteiger partial charge in [-0.15, -0.1) is 23.2 Å². The highest BCUT2D eigenvalue weighted by atomic mass is 35.5. The molecule has 2 aromatic rings. The van der Waals surface area contributed by atoms with Crippen LogP contribution in [0.15, 0.2) is 59.2 Å². The van der Waals surface area contributed by atoms with E-state index in [1.165, 1.54) is 5.01 Å². The van der Waals surface area contributed by atoms with Gasteiger partial charge in [-0.25, -0.2) is 0 Å². The van der Waals surface area contributed by atoms with Gasteiger partial charge in [0.15, 0.2) is 0 Å². The Labute approximate surface area is 180 Å². The number of benzene rings is 2. The van der Waals surface area contributed by atoms with Crippen molar-refractivity contribution in [2.75, 3.05) is 34.8 Å². The van der Waals surface area contributed by atoms with Crippen LogP contribution in [0.4, 0.5) is 11.4 Å². The molecule has 28 heavy (non-hydrogen) atoms. The molecule has 0 aliphatic carbocycles. The van der Waals surface area contributed by atoms with Crippen LogP contribution in [-0.2, 0) is 4.79 Å². The van der Waals surface area contributed by atoms with Crippen LogP contribution in [0.1, 0.15) is 12.5 Å². The van der Waals surface area contributed by atoms with Crippen molar-refractivity contribution < 1.29 is 4.79 Å². The van der Waals surface area contributed by atoms with Crippen LogP contribution in [0.5, 0.6) is 0 Å². The number of rotatable bonds is 7. The topological polar surface area (TPSA) is 35.9 Å². The summed E-state index contributed by atoms with van der Waals surface area (Å²) >= 11 is 17.7. The standard InChI is InChI=1S/C21H20Cl3N3O/c1-15-20(21(28)27(25-15)19-8-4-17(24)5-9-19)14-16-2-6-18(7-3-16)26(12-10-22)13-11-23/h2-9,14H,10-13H2,1H3/b20-14+. The molecule has 0 unspecified atom stereocenters. The third-order valence-corrected chi connectivity index (χ3v) is 5.00. The molecule has 1 aliphatic heterocycles. The van der Waals surface area contributed by atoms with Gasteiger partial charge in [0.1, 0.15) is 0 Å². The van der Waals surface area contributed by atoms with Crippen LogP contribution in [0, 0.1) is 0 Å². The fraction of sp³-hybridized carbons (Fsp3) is 0.238. The molecule has 146 valence electrons. The van der Waals surface area contributed by atoms with Gasteiger partial charge in [0.25, 0.3) is 5.91 Å². The summed E-state index contributed by atoms with van der Waals surface area (Å²) in [6, 6.07) is 15.0. The number of hydrazone groups is 1. The van der Waals surface area contributed by atoms with Crippen molar-refractivity contribution in [3.63, 3.8) is 0 Å². The van der Waals surface area contributed by atoms with Crippen LogP contribution in [0.2, 0.25) is 5.02 Å². The van der Waals surface area contributed by atoms with Crippen LogP contribution >= 0.6 is 34.8 Å². The molecule has 0 N–H and O–H groups in total. The molecule has 0 saturated carbocycles. The summed E-state index contributed by atoms with van der Waals surface area (Å²) in [6.45, 7) is 3.29. The Morgan fingerprint density at radius 1 is 1.00 bits per heavy atom. The van der Waals surface area contributed by atoms with Crippen molar-refractivity contribution in [2.24, 2.45) is 5.10 Å². The van der Waals surface area contributed by atoms with Gasteiger partial charge in [-0.1, -0.05) is 23.7 Å². The molecule has 1 amide bonds. The van der Waals surface area contributed by atoms with Crippen molar-refractivity contribution in [3.8, 4) is 0 Å². The van der Waals surface area contributed by atoms with Gasteiger partial charge in [-0.05, 0) is 55.0 Å². The minimum atomic E-state index is -0.158. The number of amides is 1. The van der Waals surface area contributed by atoms with E-state index in [1.807, 2.05) is 37.3 Å². The van der Waals surface area contributed by atoms with Crippen molar-refractivity contribution in [1.29, 1.82) is 0 Å². The Hall–Kier alpha value is -2.01. The molecular weight excluding hydrogens is 417 g/mol. The van der Waals surface area contributed by atoms with Crippen LogP contribution in [0.3, 0.4) is 0 Å². The summed E-state index contributed by atoms with van der Waals surface area (Å²) in [5.41, 5.74) is 3.91. The van der Waals surface area contributed by atoms with E-state index in [1.54, 1.807) is 24.3 Å². The van der Waals surface area contributed by atoms with E-state index in [4.69, 9.17) is 34.8 Å². The van der Waals surface area contributed by atoms with E-state index >= 15 is 0 Å². The number of halogens is 3. The molecule has 0 spiro atoms. The van der Waals surface area contributed by atoms with E-state index < -0.39 is 0 Å². The van der Waals surface area contributed by atoms with Gasteiger partial charge in [0, 0.05) is 35.6 Å². The van der Waals surface area contributed by atoms with Gasteiger partial charge < -0.3 is 4.90 Å². The zero-order chi connectivity index (χ0) is 20.1. The molecule has 4 nitrogen and oxygen atoms in total. The molecule has 1 aliphatic rings. The van der Waals surface area contributed by atoms with E-state index in [-0.39, 0.29) is 5.91 Å². The first-order valence-electron chi connectivity index (χ1n) is 8.87. The van der Waals surface area contributed by atoms with Crippen molar-refractivity contribution in [2.45, 2.75) is 6.92 Å². The Morgan fingerprint density at radius 2 is 1.61 bits per heavy atom. The maximum absolute atomic E-state index is 12.8. The highest BCUT2D eigenvalue weighted by Crippen LogP contribution is 2.26. The molecule has 0 aromatic heterocycles. The summed E-state index contributed by atoms with van der Waals surface area (Å²) in [7, 11) is 0. The maximum atomic E-state index is 12.8. The minimum Gasteiger partial charge on any atom is -0.369 e. The van der Waals surface area contributed by atoms with E-state index in [9.17, 15) is 4.79 Å². The average Bonchev–Trinajstić information content (AvgIpc) is 2.97. The summed E-state index contributed by atoms with van der Waals surface area (Å²) in [5.74, 6) is 0.913. The number of carbonyl (C=O) groups excluding carboxylic acids is 1. The Kier molecular flexibility index (Phi) is 7.00. The lowest BCUT2D eigenvalue weighted by atomic mass is 10.1. The fourth-order valence-electron chi connectivity index (χ4n) is 2.96. The zero-order valence-electron chi connectivity index (χ0n) is 15.4. The average molecular weight is 437 g/mol. The van der Waals surface area contributed by atoms with Crippen LogP contribution in [-0.4, -0.2) is 36.5 Å². The van der Waals surface area contributed by atoms with Gasteiger partial charge >= 0.3 is 0 Å². The van der Waals surface area contributed by atoms with Crippen molar-refractivity contribution in [1.82, 2.24) is 0 Å². The van der Waals surface area contributed by atoms with E-state index in [0.717, 1.165) is 24.3 Å². The fourth-order valence-corrected chi connectivity index (χ4v) is 3.50. The normalized spacial score (nSPS) is 15.3. The van der Waals surface area contributed by atoms with Gasteiger partial charge in [0.05, 0.1) is 17.0 Å². The Bertz CT molecular complexity index is 886. The summed E-state index contributed by atoms with van der Waals surface area (Å²) in [5, 5.41) is 6.41. The lowest BCUT2D eigenvalue weighted by Crippen LogP contribution is -2.27. The number of alkyl halides is 2. The predicted octanol–water partition coefficient (Wildman–Crippen LogP) is 5.43. The molecule has 0 bridgehead atoms. The smallest absolute Gasteiger partial charge is 0.280 e. The van der Waals surface area contributed by atoms with Crippen LogP contribution in [0.25, 0.3) is 6.08 Å². The number of carbonyl (C=O) groups is 1. The van der Waals surface area contributed by atoms with Gasteiger partial charge in [0.2, 0.25) is 0 Å². The lowest BCUT2D eigenvalue weighted by Gasteiger charge is -2.22. The molecule has 3 rings (SSSR count). The Balaban J connectivity index is 1.80. The third-order valence-electron chi connectivity index (χ3n) is 4.41. The minimum absolute atomic E-state index is 0.158. The van der Waals surface area contributed by atoms with Crippen molar-refractivity contribution in [3.05, 3.63) is 64.7 Å². The number of hydrogen-bond donors (Lipinski definition) is 0. The van der Waals surface area contributed by atoms with Crippen molar-refractivity contribution >= 4 is 63.9 Å². The summed E-state index contributed by atoms with van der Waals surface area (Å²) in [4.78, 5) is 15.0. The summed E-state index contributed by atoms with van der Waals surface area (Å²) in [6.07, 6.45) is 1.86. The molecule has 2 aromatic carbocycles. The molecule has 0 fully saturated rings. The predicted molar refractivity (Wildman–Crippen MR) is 120 cm³/mol. The second kappa shape index (κ2) is 9.46. The first-order valence-corrected chi connectivity index (χ1v) is 10.3. The molecule has 0 radical (unpaired) electrons. The SMILES string of the molecule is CC1=NN(c2ccc(Cl)cc2)C(=O)/C1=C/c1ccc(N(CCCl)CCCl)cc1. The molecule has 7 heteroatoms. The number of hydrogen-bond acceptors (Lipinski definition) is 3. The quantitative estimate of drug-likeness (QED) is 0.428. The number of anilines is 2. The Morgan fingerprint density at radius 3 is 2.18 bits per heavy atom. The largest absolute Gasteiger partial charge is 0.369 e. The highest BCUT2D eigenvalue weighted by molar-refractivity contribution is 6.32. The second-order valence-corrected chi connectivity index (χ2v) is 7.49. The first kappa shape index (κ1) is 20.7. The monoisotopic (exact) mass is 435 g/mol. The molecule has 1 heterocycles. The molecular formula is C21H20Cl3N3O. The van der Waals surface area contributed by atoms with E-state index in [2.05, 4.69) is 10.0 Å². The lowest BCUT2D eigenvalue weighted by molar-refractivity contribution is -0.114. The van der Waals surface area contributed by atoms with E-state index in [0.29, 0.717) is 33.8 Å².